The molecule has 10 heteroatoms. The minimum Gasteiger partial charge on any atom is -0.465 e. The zero-order valence-electron chi connectivity index (χ0n) is 14.3. The van der Waals surface area contributed by atoms with Crippen LogP contribution in [0, 0.1) is 0 Å². The number of nitrogens with zero attached hydrogens (tertiary/aromatic N) is 3. The molecule has 2 amide bonds. The largest absolute Gasteiger partial charge is 0.465 e. The Balaban J connectivity index is 1.78. The lowest BCUT2D eigenvalue weighted by Crippen LogP contribution is -2.50. The van der Waals surface area contributed by atoms with Crippen LogP contribution in [0.2, 0.25) is 10.3 Å². The molecule has 1 aromatic heterocycles. The highest BCUT2D eigenvalue weighted by Gasteiger charge is 2.24. The van der Waals surface area contributed by atoms with Crippen molar-refractivity contribution in [2.24, 2.45) is 0 Å². The number of carbonyl (C=O) groups is 3. The number of hydrogen-bond acceptors (Lipinski definition) is 6. The quantitative estimate of drug-likeness (QED) is 0.439. The summed E-state index contributed by atoms with van der Waals surface area (Å²) < 4.78 is 4.91. The summed E-state index contributed by atoms with van der Waals surface area (Å²) in [4.78, 5) is 43.1. The first-order valence-electron chi connectivity index (χ1n) is 8.16. The molecule has 1 aliphatic rings. The van der Waals surface area contributed by atoms with Crippen LogP contribution >= 0.6 is 23.2 Å². The molecule has 0 spiro atoms. The molecule has 1 aliphatic heterocycles. The van der Waals surface area contributed by atoms with Crippen LogP contribution in [0.15, 0.2) is 12.1 Å². The van der Waals surface area contributed by atoms with Gasteiger partial charge in [-0.3, -0.25) is 19.3 Å². The molecule has 2 rings (SSSR count). The fourth-order valence-corrected chi connectivity index (χ4v) is 2.89. The number of pyridine rings is 1. The Morgan fingerprint density at radius 2 is 1.88 bits per heavy atom. The second-order valence-corrected chi connectivity index (χ2v) is 6.40. The fraction of sp³-hybridized carbons (Fsp3) is 0.500. The summed E-state index contributed by atoms with van der Waals surface area (Å²) in [6, 6.07) is 3.02. The van der Waals surface area contributed by atoms with Gasteiger partial charge >= 0.3 is 5.97 Å². The van der Waals surface area contributed by atoms with Gasteiger partial charge in [-0.2, -0.15) is 0 Å². The fourth-order valence-electron chi connectivity index (χ4n) is 2.49. The SMILES string of the molecule is CCOC(=O)CN1CCN(C(=O)CC(=O)Nc2ccc(Cl)nc2Cl)CC1. The van der Waals surface area contributed by atoms with E-state index in [1.807, 2.05) is 4.90 Å². The van der Waals surface area contributed by atoms with Crippen LogP contribution in [-0.4, -0.2) is 71.9 Å². The van der Waals surface area contributed by atoms with E-state index in [-0.39, 0.29) is 35.1 Å². The third-order valence-electron chi connectivity index (χ3n) is 3.78. The van der Waals surface area contributed by atoms with Crippen molar-refractivity contribution >= 4 is 46.7 Å². The van der Waals surface area contributed by atoms with Crippen LogP contribution in [0.25, 0.3) is 0 Å². The number of halogens is 2. The van der Waals surface area contributed by atoms with E-state index in [1.165, 1.54) is 12.1 Å². The Hall–Kier alpha value is -1.90. The molecular weight excluding hydrogens is 383 g/mol. The number of ether oxygens (including phenoxy) is 1. The third-order valence-corrected chi connectivity index (χ3v) is 4.28. The Labute approximate surface area is 161 Å². The molecular formula is C16H20Cl2N4O4. The number of amides is 2. The van der Waals surface area contributed by atoms with Gasteiger partial charge in [0, 0.05) is 26.2 Å². The first-order chi connectivity index (χ1) is 12.4. The van der Waals surface area contributed by atoms with Crippen LogP contribution in [-0.2, 0) is 19.1 Å². The molecule has 142 valence electrons. The summed E-state index contributed by atoms with van der Waals surface area (Å²) in [6.07, 6.45) is -0.295. The zero-order valence-corrected chi connectivity index (χ0v) is 15.8. The summed E-state index contributed by atoms with van der Waals surface area (Å²) >= 11 is 11.6. The Morgan fingerprint density at radius 3 is 2.50 bits per heavy atom. The van der Waals surface area contributed by atoms with Crippen molar-refractivity contribution in [3.63, 3.8) is 0 Å². The Kier molecular flexibility index (Phi) is 7.62. The maximum atomic E-state index is 12.3. The highest BCUT2D eigenvalue weighted by atomic mass is 35.5. The van der Waals surface area contributed by atoms with Crippen molar-refractivity contribution in [2.45, 2.75) is 13.3 Å². The van der Waals surface area contributed by atoms with Gasteiger partial charge in [-0.25, -0.2) is 4.98 Å². The van der Waals surface area contributed by atoms with E-state index in [9.17, 15) is 14.4 Å². The number of anilines is 1. The minimum atomic E-state index is -0.477. The lowest BCUT2D eigenvalue weighted by Gasteiger charge is -2.34. The third kappa shape index (κ3) is 6.12. The Bertz CT molecular complexity index is 678. The van der Waals surface area contributed by atoms with E-state index in [4.69, 9.17) is 27.9 Å². The normalized spacial score (nSPS) is 14.8. The van der Waals surface area contributed by atoms with Crippen molar-refractivity contribution in [2.75, 3.05) is 44.6 Å². The maximum Gasteiger partial charge on any atom is 0.320 e. The van der Waals surface area contributed by atoms with Crippen LogP contribution < -0.4 is 5.32 Å². The number of aromatic nitrogens is 1. The van der Waals surface area contributed by atoms with E-state index in [1.54, 1.807) is 11.8 Å². The van der Waals surface area contributed by atoms with Gasteiger partial charge in [0.25, 0.3) is 0 Å². The molecule has 0 unspecified atom stereocenters. The van der Waals surface area contributed by atoms with E-state index in [0.29, 0.717) is 38.5 Å². The first kappa shape index (κ1) is 20.4. The monoisotopic (exact) mass is 402 g/mol. The van der Waals surface area contributed by atoms with E-state index < -0.39 is 5.91 Å². The maximum absolute atomic E-state index is 12.3. The summed E-state index contributed by atoms with van der Waals surface area (Å²) in [5.74, 6) is -1.04. The molecule has 8 nitrogen and oxygen atoms in total. The molecule has 0 atom stereocenters. The van der Waals surface area contributed by atoms with Crippen LogP contribution in [0.4, 0.5) is 5.69 Å². The van der Waals surface area contributed by atoms with Gasteiger partial charge in [0.1, 0.15) is 11.6 Å². The summed E-state index contributed by atoms with van der Waals surface area (Å²) in [6.45, 7) is 4.33. The van der Waals surface area contributed by atoms with Crippen LogP contribution in [0.1, 0.15) is 13.3 Å². The number of piperazine rings is 1. The van der Waals surface area contributed by atoms with E-state index in [2.05, 4.69) is 10.3 Å². The number of hydrogen-bond donors (Lipinski definition) is 1. The van der Waals surface area contributed by atoms with Gasteiger partial charge in [-0.1, -0.05) is 23.2 Å². The summed E-state index contributed by atoms with van der Waals surface area (Å²) in [7, 11) is 0. The summed E-state index contributed by atoms with van der Waals surface area (Å²) in [5.41, 5.74) is 0.299. The zero-order chi connectivity index (χ0) is 19.1. The highest BCUT2D eigenvalue weighted by molar-refractivity contribution is 6.34. The van der Waals surface area contributed by atoms with Crippen molar-refractivity contribution < 1.29 is 19.1 Å². The van der Waals surface area contributed by atoms with Gasteiger partial charge in [0.05, 0.1) is 18.8 Å². The predicted octanol–water partition coefficient (Wildman–Crippen LogP) is 1.42. The molecule has 0 saturated carbocycles. The molecule has 0 bridgehead atoms. The van der Waals surface area contributed by atoms with Crippen LogP contribution in [0.5, 0.6) is 0 Å². The molecule has 1 saturated heterocycles. The van der Waals surface area contributed by atoms with E-state index >= 15 is 0 Å². The van der Waals surface area contributed by atoms with Crippen molar-refractivity contribution in [1.82, 2.24) is 14.8 Å². The average molecular weight is 403 g/mol. The van der Waals surface area contributed by atoms with Crippen molar-refractivity contribution in [3.05, 3.63) is 22.4 Å². The van der Waals surface area contributed by atoms with Crippen molar-refractivity contribution in [3.8, 4) is 0 Å². The molecule has 0 radical (unpaired) electrons. The van der Waals surface area contributed by atoms with Crippen LogP contribution in [0.3, 0.4) is 0 Å². The lowest BCUT2D eigenvalue weighted by molar-refractivity contribution is -0.145. The number of nitrogens with one attached hydrogen (secondary N) is 1. The van der Waals surface area contributed by atoms with Gasteiger partial charge < -0.3 is 15.0 Å². The molecule has 1 aromatic rings. The second kappa shape index (κ2) is 9.70. The minimum absolute atomic E-state index is 0.0610. The van der Waals surface area contributed by atoms with E-state index in [0.717, 1.165) is 0 Å². The number of rotatable bonds is 6. The standard InChI is InChI=1S/C16H20Cl2N4O4/c1-2-26-15(25)10-21-5-7-22(8-6-21)14(24)9-13(23)19-11-3-4-12(17)20-16(11)18/h3-4H,2,5-10H2,1H3,(H,19,23). The number of esters is 1. The number of carbonyl (C=O) groups excluding carboxylic acids is 3. The van der Waals surface area contributed by atoms with Crippen molar-refractivity contribution in [1.29, 1.82) is 0 Å². The predicted molar refractivity (Wildman–Crippen MR) is 97.2 cm³/mol. The molecule has 1 fully saturated rings. The molecule has 0 aliphatic carbocycles. The highest BCUT2D eigenvalue weighted by Crippen LogP contribution is 2.21. The molecule has 0 aromatic carbocycles. The molecule has 2 heterocycles. The van der Waals surface area contributed by atoms with Gasteiger partial charge in [0.2, 0.25) is 11.8 Å². The van der Waals surface area contributed by atoms with Gasteiger partial charge in [0.15, 0.2) is 5.15 Å². The molecule has 1 N–H and O–H groups in total. The molecule has 26 heavy (non-hydrogen) atoms. The topological polar surface area (TPSA) is 91.8 Å². The second-order valence-electron chi connectivity index (χ2n) is 5.66. The Morgan fingerprint density at radius 1 is 1.19 bits per heavy atom. The first-order valence-corrected chi connectivity index (χ1v) is 8.92. The smallest absolute Gasteiger partial charge is 0.320 e. The average Bonchev–Trinajstić information content (AvgIpc) is 2.58. The van der Waals surface area contributed by atoms with Gasteiger partial charge in [-0.15, -0.1) is 0 Å². The summed E-state index contributed by atoms with van der Waals surface area (Å²) in [5, 5.41) is 2.82. The van der Waals surface area contributed by atoms with Gasteiger partial charge in [-0.05, 0) is 19.1 Å². The lowest BCUT2D eigenvalue weighted by atomic mass is 10.2.